The van der Waals surface area contributed by atoms with Crippen molar-refractivity contribution in [2.24, 2.45) is 0 Å². The lowest BCUT2D eigenvalue weighted by molar-refractivity contribution is -0.127. The van der Waals surface area contributed by atoms with E-state index in [4.69, 9.17) is 37.3 Å². The summed E-state index contributed by atoms with van der Waals surface area (Å²) in [4.78, 5) is 13.9. The highest BCUT2D eigenvalue weighted by Gasteiger charge is 2.21. The van der Waals surface area contributed by atoms with Crippen LogP contribution in [-0.2, 0) is 18.0 Å². The Bertz CT molecular complexity index is 1700. The number of benzene rings is 4. The molecule has 2 heterocycles. The van der Waals surface area contributed by atoms with Crippen molar-refractivity contribution in [3.8, 4) is 22.6 Å². The Kier molecular flexibility index (Phi) is 9.37. The van der Waals surface area contributed by atoms with Crippen molar-refractivity contribution in [3.63, 3.8) is 0 Å². The molecule has 4 aromatic carbocycles. The van der Waals surface area contributed by atoms with Gasteiger partial charge in [-0.25, -0.2) is 4.63 Å². The number of ether oxygens (including phenoxy) is 2. The van der Waals surface area contributed by atoms with Crippen LogP contribution in [0, 0.1) is 0 Å². The van der Waals surface area contributed by atoms with Gasteiger partial charge in [0.15, 0.2) is 0 Å². The summed E-state index contributed by atoms with van der Waals surface area (Å²) >= 11 is 13.4. The molecule has 0 radical (unpaired) electrons. The molecule has 216 valence electrons. The molecule has 1 aliphatic rings. The zero-order valence-electron chi connectivity index (χ0n) is 22.4. The molecule has 1 saturated heterocycles. The highest BCUT2D eigenvalue weighted by atomic mass is 35.5. The Balaban J connectivity index is 0.00000353. The van der Waals surface area contributed by atoms with Crippen molar-refractivity contribution in [3.05, 3.63) is 100 Å². The van der Waals surface area contributed by atoms with E-state index >= 15 is 0 Å². The van der Waals surface area contributed by atoms with Crippen LogP contribution in [0.5, 0.6) is 11.5 Å². The number of fused-ring (bicyclic) bond motifs is 1. The van der Waals surface area contributed by atoms with Gasteiger partial charge in [0, 0.05) is 30.2 Å². The van der Waals surface area contributed by atoms with Crippen molar-refractivity contribution < 1.29 is 18.9 Å². The number of hydrogen-bond donors (Lipinski definition) is 1. The van der Waals surface area contributed by atoms with Gasteiger partial charge in [-0.2, -0.15) is 0 Å². The number of rotatable bonds is 10. The number of likely N-dealkylation sites (tertiary alicyclic amines) is 1. The Hall–Kier alpha value is -3.98. The first-order valence-corrected chi connectivity index (χ1v) is 14.0. The van der Waals surface area contributed by atoms with Crippen LogP contribution < -0.4 is 14.8 Å². The van der Waals surface area contributed by atoms with Gasteiger partial charge < -0.3 is 19.7 Å². The van der Waals surface area contributed by atoms with Crippen LogP contribution >= 0.6 is 35.6 Å². The summed E-state index contributed by atoms with van der Waals surface area (Å²) in [6.07, 6.45) is 1.41. The van der Waals surface area contributed by atoms with Crippen molar-refractivity contribution in [1.29, 1.82) is 0 Å². The highest BCUT2D eigenvalue weighted by Crippen LogP contribution is 2.38. The van der Waals surface area contributed by atoms with Crippen LogP contribution in [0.15, 0.2) is 83.5 Å². The minimum Gasteiger partial charge on any atom is -0.487 e. The van der Waals surface area contributed by atoms with Gasteiger partial charge in [0.2, 0.25) is 5.91 Å². The van der Waals surface area contributed by atoms with Crippen molar-refractivity contribution >= 4 is 58.2 Å². The molecular formula is C31H27Cl3N4O4. The predicted molar refractivity (Wildman–Crippen MR) is 165 cm³/mol. The maximum absolute atomic E-state index is 12.1. The fraction of sp³-hybridized carbons (Fsp3) is 0.194. The molecule has 11 heteroatoms. The van der Waals surface area contributed by atoms with E-state index in [1.807, 2.05) is 66.7 Å². The predicted octanol–water partition coefficient (Wildman–Crippen LogP) is 7.77. The summed E-state index contributed by atoms with van der Waals surface area (Å²) in [5.74, 6) is 1.09. The van der Waals surface area contributed by atoms with Crippen LogP contribution in [0.1, 0.15) is 24.0 Å². The molecule has 0 atom stereocenters. The van der Waals surface area contributed by atoms with Crippen molar-refractivity contribution in [2.75, 3.05) is 18.5 Å². The maximum atomic E-state index is 12.1. The van der Waals surface area contributed by atoms with Gasteiger partial charge in [-0.15, -0.1) is 12.4 Å². The number of halogens is 3. The molecule has 0 spiro atoms. The minimum atomic E-state index is 0. The van der Waals surface area contributed by atoms with Crippen LogP contribution in [0.2, 0.25) is 10.0 Å². The largest absolute Gasteiger partial charge is 0.487 e. The van der Waals surface area contributed by atoms with Gasteiger partial charge in [-0.05, 0) is 46.1 Å². The maximum Gasteiger partial charge on any atom is 0.224 e. The van der Waals surface area contributed by atoms with E-state index in [1.165, 1.54) is 0 Å². The number of amides is 1. The second-order valence-electron chi connectivity index (χ2n) is 9.68. The van der Waals surface area contributed by atoms with E-state index < -0.39 is 0 Å². The number of nitrogens with one attached hydrogen (secondary N) is 1. The molecule has 0 bridgehead atoms. The van der Waals surface area contributed by atoms with E-state index in [-0.39, 0.29) is 31.5 Å². The summed E-state index contributed by atoms with van der Waals surface area (Å²) in [6.45, 7) is 1.53. The standard InChI is InChI=1S/C31H26Cl2N4O4.ClH/c32-24-15-27(34-19-37-13-5-10-30(37)38)29(39-17-20-11-12-25-26(14-20)36-41-35-25)16-28(24)40-18-22-8-4-9-23(31(22)33)21-6-2-1-3-7-21;/h1-4,6-9,11-12,14-16,34H,5,10,13,17-19H2;1H. The third-order valence-electron chi connectivity index (χ3n) is 6.93. The van der Waals surface area contributed by atoms with Gasteiger partial charge in [0.25, 0.3) is 0 Å². The van der Waals surface area contributed by atoms with Gasteiger partial charge >= 0.3 is 0 Å². The first kappa shape index (κ1) is 29.5. The van der Waals surface area contributed by atoms with Crippen molar-refractivity contribution in [2.45, 2.75) is 26.1 Å². The number of nitrogens with zero attached hydrogens (tertiary/aromatic N) is 3. The number of hydrogen-bond acceptors (Lipinski definition) is 7. The Morgan fingerprint density at radius 3 is 2.50 bits per heavy atom. The van der Waals surface area contributed by atoms with Gasteiger partial charge in [-0.3, -0.25) is 4.79 Å². The summed E-state index contributed by atoms with van der Waals surface area (Å²) in [6, 6.07) is 24.9. The van der Waals surface area contributed by atoms with E-state index in [9.17, 15) is 4.79 Å². The number of carbonyl (C=O) groups excluding carboxylic acids is 1. The fourth-order valence-corrected chi connectivity index (χ4v) is 5.23. The van der Waals surface area contributed by atoms with Crippen LogP contribution in [0.25, 0.3) is 22.2 Å². The number of anilines is 1. The molecule has 1 N–H and O–H groups in total. The molecule has 0 saturated carbocycles. The van der Waals surface area contributed by atoms with Crippen LogP contribution in [0.4, 0.5) is 5.69 Å². The minimum absolute atomic E-state index is 0. The topological polar surface area (TPSA) is 89.7 Å². The molecule has 1 aromatic heterocycles. The smallest absolute Gasteiger partial charge is 0.224 e. The second kappa shape index (κ2) is 13.3. The Labute approximate surface area is 258 Å². The summed E-state index contributed by atoms with van der Waals surface area (Å²) < 4.78 is 17.2. The zero-order chi connectivity index (χ0) is 28.2. The van der Waals surface area contributed by atoms with Crippen molar-refractivity contribution in [1.82, 2.24) is 15.2 Å². The first-order chi connectivity index (χ1) is 20.0. The number of aromatic nitrogens is 2. The second-order valence-corrected chi connectivity index (χ2v) is 10.5. The third kappa shape index (κ3) is 6.57. The number of carbonyl (C=O) groups is 1. The zero-order valence-corrected chi connectivity index (χ0v) is 24.7. The van der Waals surface area contributed by atoms with E-state index in [2.05, 4.69) is 15.6 Å². The molecule has 5 aromatic rings. The van der Waals surface area contributed by atoms with E-state index in [0.717, 1.165) is 28.7 Å². The molecule has 0 aliphatic carbocycles. The third-order valence-corrected chi connectivity index (χ3v) is 7.67. The Morgan fingerprint density at radius 1 is 0.881 bits per heavy atom. The van der Waals surface area contributed by atoms with Gasteiger partial charge in [0.05, 0.1) is 22.4 Å². The summed E-state index contributed by atoms with van der Waals surface area (Å²) in [7, 11) is 0. The fourth-order valence-electron chi connectivity index (χ4n) is 4.72. The lowest BCUT2D eigenvalue weighted by Gasteiger charge is -2.20. The lowest BCUT2D eigenvalue weighted by atomic mass is 10.0. The first-order valence-electron chi connectivity index (χ1n) is 13.2. The lowest BCUT2D eigenvalue weighted by Crippen LogP contribution is -2.30. The molecule has 42 heavy (non-hydrogen) atoms. The highest BCUT2D eigenvalue weighted by molar-refractivity contribution is 6.34. The van der Waals surface area contributed by atoms with Crippen LogP contribution in [0.3, 0.4) is 0 Å². The monoisotopic (exact) mass is 624 g/mol. The normalized spacial score (nSPS) is 12.8. The quantitative estimate of drug-likeness (QED) is 0.170. The van der Waals surface area contributed by atoms with E-state index in [0.29, 0.717) is 57.9 Å². The molecule has 8 nitrogen and oxygen atoms in total. The summed E-state index contributed by atoms with van der Waals surface area (Å²) in [5.41, 5.74) is 5.63. The molecule has 1 aliphatic heterocycles. The molecule has 1 fully saturated rings. The molecule has 0 unspecified atom stereocenters. The SMILES string of the molecule is Cl.O=C1CCCN1CNc1cc(Cl)c(OCc2cccc(-c3ccccc3)c2Cl)cc1OCc1ccc2nonc2c1. The summed E-state index contributed by atoms with van der Waals surface area (Å²) in [5, 5.41) is 12.1. The van der Waals surface area contributed by atoms with Gasteiger partial charge in [-0.1, -0.05) is 77.8 Å². The molecular weight excluding hydrogens is 599 g/mol. The average Bonchev–Trinajstić information content (AvgIpc) is 3.64. The molecule has 1 amide bonds. The average molecular weight is 626 g/mol. The Morgan fingerprint density at radius 2 is 1.69 bits per heavy atom. The van der Waals surface area contributed by atoms with Crippen LogP contribution in [-0.4, -0.2) is 34.3 Å². The van der Waals surface area contributed by atoms with Gasteiger partial charge in [0.1, 0.15) is 35.7 Å². The van der Waals surface area contributed by atoms with E-state index in [1.54, 1.807) is 17.0 Å². The molecule has 6 rings (SSSR count).